The zero-order valence-corrected chi connectivity index (χ0v) is 24.9. The van der Waals surface area contributed by atoms with Crippen LogP contribution >= 0.6 is 27.3 Å². The lowest BCUT2D eigenvalue weighted by atomic mass is 10.2. The fourth-order valence-electron chi connectivity index (χ4n) is 3.94. The van der Waals surface area contributed by atoms with Gasteiger partial charge in [-0.15, -0.1) is 0 Å². The molecule has 5 aromatic rings. The summed E-state index contributed by atoms with van der Waals surface area (Å²) in [7, 11) is -2.22. The number of fused-ring (bicyclic) bond motifs is 1. The number of carbonyl (C=O) groups excluding carboxylic acids is 1. The standard InChI is InChI=1S/C30H25BrN4O3S2/c1-21-8-10-22(11-9-21)19-32-35(30-33-27-17-14-25(31)18-28(27)39-30)29(36)24-12-15-26(16-13-24)40(37,38)34(2)20-23-6-4-3-5-7-23/h3-19H,20H2,1-2H3/b32-19+. The van der Waals surface area contributed by atoms with Crippen molar-refractivity contribution < 1.29 is 13.2 Å². The lowest BCUT2D eigenvalue weighted by Gasteiger charge is -2.18. The van der Waals surface area contributed by atoms with Gasteiger partial charge in [-0.1, -0.05) is 87.4 Å². The topological polar surface area (TPSA) is 82.9 Å². The van der Waals surface area contributed by atoms with Gasteiger partial charge in [0.25, 0.3) is 5.91 Å². The predicted molar refractivity (Wildman–Crippen MR) is 164 cm³/mol. The van der Waals surface area contributed by atoms with Crippen molar-refractivity contribution in [3.63, 3.8) is 0 Å². The minimum Gasteiger partial charge on any atom is -0.267 e. The summed E-state index contributed by atoms with van der Waals surface area (Å²) in [4.78, 5) is 18.4. The number of anilines is 1. The van der Waals surface area contributed by atoms with Gasteiger partial charge < -0.3 is 0 Å². The second-order valence-electron chi connectivity index (χ2n) is 9.15. The summed E-state index contributed by atoms with van der Waals surface area (Å²) in [6, 6.07) is 28.7. The number of carbonyl (C=O) groups is 1. The molecule has 0 N–H and O–H groups in total. The van der Waals surface area contributed by atoms with E-state index in [4.69, 9.17) is 0 Å². The van der Waals surface area contributed by atoms with Gasteiger partial charge in [0.05, 0.1) is 21.3 Å². The fourth-order valence-corrected chi connectivity index (χ4v) is 6.57. The Morgan fingerprint density at radius 3 is 2.38 bits per heavy atom. The number of hydrogen-bond donors (Lipinski definition) is 0. The number of hydrogen-bond acceptors (Lipinski definition) is 6. The first kappa shape index (κ1) is 27.9. The molecule has 0 bridgehead atoms. The maximum Gasteiger partial charge on any atom is 0.280 e. The van der Waals surface area contributed by atoms with Crippen molar-refractivity contribution >= 4 is 64.8 Å². The van der Waals surface area contributed by atoms with Crippen LogP contribution in [-0.4, -0.2) is 36.9 Å². The van der Waals surface area contributed by atoms with Crippen LogP contribution in [0.2, 0.25) is 0 Å². The largest absolute Gasteiger partial charge is 0.280 e. The highest BCUT2D eigenvalue weighted by Gasteiger charge is 2.24. The van der Waals surface area contributed by atoms with Crippen LogP contribution in [0, 0.1) is 6.92 Å². The van der Waals surface area contributed by atoms with E-state index in [0.717, 1.165) is 31.4 Å². The fraction of sp³-hybridized carbons (Fsp3) is 0.100. The van der Waals surface area contributed by atoms with Gasteiger partial charge in [0.2, 0.25) is 15.2 Å². The van der Waals surface area contributed by atoms with Crippen LogP contribution in [0.15, 0.2) is 112 Å². The minimum atomic E-state index is -3.76. The molecule has 1 aromatic heterocycles. The molecule has 1 amide bonds. The van der Waals surface area contributed by atoms with Gasteiger partial charge in [0.1, 0.15) is 0 Å². The zero-order valence-electron chi connectivity index (χ0n) is 21.7. The summed E-state index contributed by atoms with van der Waals surface area (Å²) in [5.74, 6) is -0.428. The molecule has 0 radical (unpaired) electrons. The Morgan fingerprint density at radius 1 is 0.975 bits per heavy atom. The molecule has 40 heavy (non-hydrogen) atoms. The zero-order chi connectivity index (χ0) is 28.3. The number of aryl methyl sites for hydroxylation is 1. The number of halogens is 1. The van der Waals surface area contributed by atoms with E-state index in [1.807, 2.05) is 79.7 Å². The van der Waals surface area contributed by atoms with E-state index in [1.165, 1.54) is 52.0 Å². The van der Waals surface area contributed by atoms with Crippen LogP contribution in [-0.2, 0) is 16.6 Å². The Morgan fingerprint density at radius 2 is 1.68 bits per heavy atom. The Labute approximate surface area is 245 Å². The van der Waals surface area contributed by atoms with Gasteiger partial charge >= 0.3 is 0 Å². The summed E-state index contributed by atoms with van der Waals surface area (Å²) < 4.78 is 29.5. The molecule has 0 spiro atoms. The molecule has 10 heteroatoms. The summed E-state index contributed by atoms with van der Waals surface area (Å²) in [6.07, 6.45) is 1.61. The van der Waals surface area contributed by atoms with E-state index in [1.54, 1.807) is 6.21 Å². The SMILES string of the molecule is Cc1ccc(/C=N/N(C(=O)c2ccc(S(=O)(=O)N(C)Cc3ccccc3)cc2)c2nc3ccc(Br)cc3s2)cc1. The number of amides is 1. The number of thiazole rings is 1. The summed E-state index contributed by atoms with van der Waals surface area (Å²) in [6.45, 7) is 2.23. The second kappa shape index (κ2) is 11.8. The van der Waals surface area contributed by atoms with E-state index < -0.39 is 15.9 Å². The monoisotopic (exact) mass is 632 g/mol. The maximum atomic E-state index is 13.7. The van der Waals surface area contributed by atoms with Gasteiger partial charge in [0, 0.05) is 23.6 Å². The van der Waals surface area contributed by atoms with Crippen LogP contribution in [0.25, 0.3) is 10.2 Å². The predicted octanol–water partition coefficient (Wildman–Crippen LogP) is 6.87. The molecule has 0 unspecified atom stereocenters. The third-order valence-corrected chi connectivity index (χ3v) is 9.47. The van der Waals surface area contributed by atoms with Gasteiger partial charge in [-0.2, -0.15) is 14.4 Å². The molecule has 202 valence electrons. The van der Waals surface area contributed by atoms with Crippen molar-refractivity contribution in [2.75, 3.05) is 12.1 Å². The van der Waals surface area contributed by atoms with E-state index in [9.17, 15) is 13.2 Å². The first-order chi connectivity index (χ1) is 19.2. The first-order valence-corrected chi connectivity index (χ1v) is 15.4. The van der Waals surface area contributed by atoms with Crippen LogP contribution in [0.5, 0.6) is 0 Å². The van der Waals surface area contributed by atoms with Crippen LogP contribution in [0.3, 0.4) is 0 Å². The molecule has 0 aliphatic rings. The van der Waals surface area contributed by atoms with E-state index in [0.29, 0.717) is 5.13 Å². The van der Waals surface area contributed by atoms with Crippen molar-refractivity contribution in [2.45, 2.75) is 18.4 Å². The Kier molecular flexibility index (Phi) is 8.22. The molecule has 0 fully saturated rings. The number of rotatable bonds is 8. The van der Waals surface area contributed by atoms with E-state index in [2.05, 4.69) is 26.0 Å². The molecule has 1 heterocycles. The molecule has 0 atom stereocenters. The minimum absolute atomic E-state index is 0.0991. The van der Waals surface area contributed by atoms with Gasteiger partial charge in [0.15, 0.2) is 0 Å². The van der Waals surface area contributed by atoms with Gasteiger partial charge in [-0.25, -0.2) is 13.4 Å². The Hall–Kier alpha value is -3.70. The maximum absolute atomic E-state index is 13.7. The Balaban J connectivity index is 1.44. The van der Waals surface area contributed by atoms with Crippen molar-refractivity contribution in [3.05, 3.63) is 124 Å². The van der Waals surface area contributed by atoms with Crippen LogP contribution in [0.1, 0.15) is 27.0 Å². The summed E-state index contributed by atoms with van der Waals surface area (Å²) in [5, 5.41) is 6.16. The average Bonchev–Trinajstić information content (AvgIpc) is 3.37. The number of sulfonamides is 1. The van der Waals surface area contributed by atoms with Gasteiger partial charge in [-0.3, -0.25) is 4.79 Å². The summed E-state index contributed by atoms with van der Waals surface area (Å²) >= 11 is 4.82. The van der Waals surface area contributed by atoms with Crippen LogP contribution < -0.4 is 5.01 Å². The number of hydrazone groups is 1. The normalized spacial score (nSPS) is 11.9. The van der Waals surface area contributed by atoms with Crippen molar-refractivity contribution in [1.29, 1.82) is 0 Å². The van der Waals surface area contributed by atoms with Crippen molar-refractivity contribution in [3.8, 4) is 0 Å². The highest BCUT2D eigenvalue weighted by atomic mass is 79.9. The third kappa shape index (κ3) is 6.20. The molecular weight excluding hydrogens is 608 g/mol. The lowest BCUT2D eigenvalue weighted by Crippen LogP contribution is -2.27. The molecule has 0 saturated heterocycles. The molecule has 7 nitrogen and oxygen atoms in total. The molecule has 4 aromatic carbocycles. The smallest absolute Gasteiger partial charge is 0.267 e. The molecule has 5 rings (SSSR count). The van der Waals surface area contributed by atoms with Crippen molar-refractivity contribution in [2.24, 2.45) is 5.10 Å². The molecule has 0 aliphatic heterocycles. The van der Waals surface area contributed by atoms with E-state index >= 15 is 0 Å². The van der Waals surface area contributed by atoms with E-state index in [-0.39, 0.29) is 17.0 Å². The second-order valence-corrected chi connectivity index (χ2v) is 13.1. The van der Waals surface area contributed by atoms with Crippen molar-refractivity contribution in [1.82, 2.24) is 9.29 Å². The highest BCUT2D eigenvalue weighted by molar-refractivity contribution is 9.10. The van der Waals surface area contributed by atoms with Crippen LogP contribution in [0.4, 0.5) is 5.13 Å². The third-order valence-electron chi connectivity index (χ3n) is 6.17. The van der Waals surface area contributed by atoms with Gasteiger partial charge in [-0.05, 0) is 60.5 Å². The summed E-state index contributed by atoms with van der Waals surface area (Å²) in [5.41, 5.74) is 3.85. The molecule has 0 saturated carbocycles. The number of benzene rings is 4. The number of nitrogens with zero attached hydrogens (tertiary/aromatic N) is 4. The quantitative estimate of drug-likeness (QED) is 0.138. The average molecular weight is 634 g/mol. The molecule has 0 aliphatic carbocycles. The Bertz CT molecular complexity index is 1790. The first-order valence-electron chi connectivity index (χ1n) is 12.3. The molecular formula is C30H25BrN4O3S2. The number of aromatic nitrogens is 1. The highest BCUT2D eigenvalue weighted by Crippen LogP contribution is 2.32. The lowest BCUT2D eigenvalue weighted by molar-refractivity contribution is 0.0987.